The van der Waals surface area contributed by atoms with Crippen molar-refractivity contribution < 1.29 is 4.79 Å². The van der Waals surface area contributed by atoms with Gasteiger partial charge in [-0.2, -0.15) is 0 Å². The van der Waals surface area contributed by atoms with E-state index in [0.29, 0.717) is 12.1 Å². The molecule has 98 valence electrons. The molecule has 0 atom stereocenters. The van der Waals surface area contributed by atoms with Gasteiger partial charge in [-0.15, -0.1) is 11.8 Å². The number of thioether (sulfide) groups is 1. The van der Waals surface area contributed by atoms with Crippen molar-refractivity contribution in [3.63, 3.8) is 0 Å². The zero-order valence-electron chi connectivity index (χ0n) is 10.8. The van der Waals surface area contributed by atoms with Crippen LogP contribution in [-0.2, 0) is 0 Å². The first-order chi connectivity index (χ1) is 9.25. The Morgan fingerprint density at radius 3 is 2.74 bits per heavy atom. The molecule has 0 aliphatic rings. The van der Waals surface area contributed by atoms with E-state index in [-0.39, 0.29) is 5.91 Å². The average molecular weight is 272 g/mol. The van der Waals surface area contributed by atoms with Gasteiger partial charge in [0.25, 0.3) is 5.91 Å². The average Bonchev–Trinajstić information content (AvgIpc) is 2.46. The second kappa shape index (κ2) is 6.95. The highest BCUT2D eigenvalue weighted by molar-refractivity contribution is 7.99. The topological polar surface area (TPSA) is 42.0 Å². The summed E-state index contributed by atoms with van der Waals surface area (Å²) in [4.78, 5) is 16.9. The number of carbonyl (C=O) groups excluding carboxylic acids is 1. The second-order valence-corrected chi connectivity index (χ2v) is 5.33. The van der Waals surface area contributed by atoms with Gasteiger partial charge in [0, 0.05) is 29.6 Å². The van der Waals surface area contributed by atoms with Crippen molar-refractivity contribution in [2.45, 2.75) is 11.8 Å². The molecule has 0 radical (unpaired) electrons. The second-order valence-electron chi connectivity index (χ2n) is 4.16. The molecule has 0 spiro atoms. The van der Waals surface area contributed by atoms with Gasteiger partial charge in [0.1, 0.15) is 0 Å². The number of hydrogen-bond donors (Lipinski definition) is 1. The van der Waals surface area contributed by atoms with Crippen LogP contribution in [0.4, 0.5) is 0 Å². The van der Waals surface area contributed by atoms with Crippen LogP contribution in [0.15, 0.2) is 53.7 Å². The summed E-state index contributed by atoms with van der Waals surface area (Å²) in [5.74, 6) is 0.785. The van der Waals surface area contributed by atoms with E-state index in [1.807, 2.05) is 0 Å². The fourth-order valence-corrected chi connectivity index (χ4v) is 2.34. The summed E-state index contributed by atoms with van der Waals surface area (Å²) in [5, 5.41) is 2.88. The van der Waals surface area contributed by atoms with E-state index in [2.05, 4.69) is 41.5 Å². The first-order valence-corrected chi connectivity index (χ1v) is 7.12. The number of nitrogens with one attached hydrogen (secondary N) is 1. The Kier molecular flexibility index (Phi) is 4.98. The molecule has 1 aromatic heterocycles. The largest absolute Gasteiger partial charge is 0.351 e. The Hall–Kier alpha value is -1.81. The molecule has 1 heterocycles. The van der Waals surface area contributed by atoms with Crippen LogP contribution in [0.3, 0.4) is 0 Å². The van der Waals surface area contributed by atoms with Crippen molar-refractivity contribution in [1.29, 1.82) is 0 Å². The minimum Gasteiger partial charge on any atom is -0.351 e. The number of nitrogens with zero attached hydrogens (tertiary/aromatic N) is 1. The predicted octanol–water partition coefficient (Wildman–Crippen LogP) is 2.91. The number of carbonyl (C=O) groups is 1. The third-order valence-electron chi connectivity index (χ3n) is 2.60. The summed E-state index contributed by atoms with van der Waals surface area (Å²) in [6, 6.07) is 11.9. The molecule has 1 aromatic carbocycles. The first-order valence-electron chi connectivity index (χ1n) is 6.13. The van der Waals surface area contributed by atoms with E-state index in [9.17, 15) is 4.79 Å². The minimum atomic E-state index is -0.0717. The summed E-state index contributed by atoms with van der Waals surface area (Å²) in [6.45, 7) is 2.72. The van der Waals surface area contributed by atoms with Crippen molar-refractivity contribution in [2.75, 3.05) is 12.3 Å². The van der Waals surface area contributed by atoms with Crippen molar-refractivity contribution in [3.8, 4) is 0 Å². The summed E-state index contributed by atoms with van der Waals surface area (Å²) in [7, 11) is 0. The molecule has 0 saturated carbocycles. The summed E-state index contributed by atoms with van der Waals surface area (Å²) in [6.07, 6.45) is 3.23. The van der Waals surface area contributed by atoms with Crippen LogP contribution in [0.5, 0.6) is 0 Å². The summed E-state index contributed by atoms with van der Waals surface area (Å²) >= 11 is 1.74. The zero-order valence-corrected chi connectivity index (χ0v) is 11.6. The number of rotatable bonds is 5. The van der Waals surface area contributed by atoms with Crippen molar-refractivity contribution >= 4 is 17.7 Å². The van der Waals surface area contributed by atoms with Gasteiger partial charge in [0.15, 0.2) is 0 Å². The Balaban J connectivity index is 1.72. The quantitative estimate of drug-likeness (QED) is 0.672. The van der Waals surface area contributed by atoms with Crippen LogP contribution in [0, 0.1) is 6.92 Å². The monoisotopic (exact) mass is 272 g/mol. The normalized spacial score (nSPS) is 10.2. The highest BCUT2D eigenvalue weighted by atomic mass is 32.2. The van der Waals surface area contributed by atoms with Gasteiger partial charge in [0.2, 0.25) is 0 Å². The third kappa shape index (κ3) is 4.41. The molecule has 0 unspecified atom stereocenters. The van der Waals surface area contributed by atoms with Crippen LogP contribution in [0.1, 0.15) is 15.9 Å². The predicted molar refractivity (Wildman–Crippen MR) is 78.5 cm³/mol. The molecule has 3 nitrogen and oxygen atoms in total. The first kappa shape index (κ1) is 13.6. The molecule has 0 fully saturated rings. The lowest BCUT2D eigenvalue weighted by atomic mass is 10.2. The van der Waals surface area contributed by atoms with Gasteiger partial charge in [-0.1, -0.05) is 17.7 Å². The smallest absolute Gasteiger partial charge is 0.252 e. The van der Waals surface area contributed by atoms with E-state index in [4.69, 9.17) is 0 Å². The number of hydrogen-bond acceptors (Lipinski definition) is 3. The molecule has 1 amide bonds. The van der Waals surface area contributed by atoms with Gasteiger partial charge < -0.3 is 5.32 Å². The standard InChI is InChI=1S/C15H16N2OS/c1-12-4-6-14(7-5-12)19-10-9-17-15(18)13-3-2-8-16-11-13/h2-8,11H,9-10H2,1H3,(H,17,18). The SMILES string of the molecule is Cc1ccc(SCCNC(=O)c2cccnc2)cc1. The van der Waals surface area contributed by atoms with Crippen LogP contribution in [-0.4, -0.2) is 23.2 Å². The minimum absolute atomic E-state index is 0.0717. The Bertz CT molecular complexity index is 526. The number of amides is 1. The van der Waals surface area contributed by atoms with Crippen molar-refractivity contribution in [3.05, 3.63) is 59.9 Å². The molecule has 0 bridgehead atoms. The fraction of sp³-hybridized carbons (Fsp3) is 0.200. The molecule has 2 rings (SSSR count). The van der Waals surface area contributed by atoms with E-state index in [0.717, 1.165) is 5.75 Å². The van der Waals surface area contributed by atoms with E-state index in [1.54, 1.807) is 36.3 Å². The van der Waals surface area contributed by atoms with Crippen molar-refractivity contribution in [1.82, 2.24) is 10.3 Å². The van der Waals surface area contributed by atoms with E-state index >= 15 is 0 Å². The molecular formula is C15H16N2OS. The van der Waals surface area contributed by atoms with Gasteiger partial charge in [0.05, 0.1) is 5.56 Å². The van der Waals surface area contributed by atoms with E-state index < -0.39 is 0 Å². The zero-order chi connectivity index (χ0) is 13.5. The lowest BCUT2D eigenvalue weighted by Gasteiger charge is -2.05. The van der Waals surface area contributed by atoms with Crippen LogP contribution >= 0.6 is 11.8 Å². The number of pyridine rings is 1. The maximum absolute atomic E-state index is 11.7. The lowest BCUT2D eigenvalue weighted by Crippen LogP contribution is -2.25. The van der Waals surface area contributed by atoms with Crippen LogP contribution < -0.4 is 5.32 Å². The molecule has 1 N–H and O–H groups in total. The maximum atomic E-state index is 11.7. The Morgan fingerprint density at radius 2 is 2.05 bits per heavy atom. The Morgan fingerprint density at radius 1 is 1.26 bits per heavy atom. The molecule has 4 heteroatoms. The molecule has 0 saturated heterocycles. The van der Waals surface area contributed by atoms with Gasteiger partial charge in [-0.25, -0.2) is 0 Å². The molecular weight excluding hydrogens is 256 g/mol. The maximum Gasteiger partial charge on any atom is 0.252 e. The summed E-state index contributed by atoms with van der Waals surface area (Å²) < 4.78 is 0. The van der Waals surface area contributed by atoms with Crippen molar-refractivity contribution in [2.24, 2.45) is 0 Å². The van der Waals surface area contributed by atoms with E-state index in [1.165, 1.54) is 10.5 Å². The number of aryl methyl sites for hydroxylation is 1. The Labute approximate surface area is 117 Å². The third-order valence-corrected chi connectivity index (χ3v) is 3.61. The highest BCUT2D eigenvalue weighted by Gasteiger charge is 2.03. The lowest BCUT2D eigenvalue weighted by molar-refractivity contribution is 0.0956. The highest BCUT2D eigenvalue weighted by Crippen LogP contribution is 2.17. The summed E-state index contributed by atoms with van der Waals surface area (Å²) in [5.41, 5.74) is 1.86. The van der Waals surface area contributed by atoms with Crippen LogP contribution in [0.2, 0.25) is 0 Å². The van der Waals surface area contributed by atoms with Gasteiger partial charge in [-0.3, -0.25) is 9.78 Å². The van der Waals surface area contributed by atoms with Gasteiger partial charge in [-0.05, 0) is 31.2 Å². The fourth-order valence-electron chi connectivity index (χ4n) is 1.57. The molecule has 0 aliphatic carbocycles. The molecule has 19 heavy (non-hydrogen) atoms. The molecule has 0 aliphatic heterocycles. The number of aromatic nitrogens is 1. The number of benzene rings is 1. The molecule has 2 aromatic rings. The van der Waals surface area contributed by atoms with Crippen LogP contribution in [0.25, 0.3) is 0 Å². The van der Waals surface area contributed by atoms with Gasteiger partial charge >= 0.3 is 0 Å².